The van der Waals surface area contributed by atoms with Crippen LogP contribution < -0.4 is 0 Å². The van der Waals surface area contributed by atoms with Crippen molar-refractivity contribution in [3.8, 4) is 0 Å². The summed E-state index contributed by atoms with van der Waals surface area (Å²) in [6, 6.07) is 0. The first kappa shape index (κ1) is 21.9. The Morgan fingerprint density at radius 2 is 1.21 bits per heavy atom. The third-order valence-corrected chi connectivity index (χ3v) is 5.45. The maximum Gasteiger partial charge on any atom is 0.0611 e. The molecule has 0 saturated carbocycles. The highest BCUT2D eigenvalue weighted by Gasteiger charge is 2.45. The molecule has 1 saturated heterocycles. The molecule has 0 aromatic heterocycles. The van der Waals surface area contributed by atoms with Crippen LogP contribution in [0.2, 0.25) is 0 Å². The van der Waals surface area contributed by atoms with Gasteiger partial charge in [0.25, 0.3) is 0 Å². The number of piperidine rings is 1. The Kier molecular flexibility index (Phi) is 9.84. The van der Waals surface area contributed by atoms with E-state index in [9.17, 15) is 5.21 Å². The lowest BCUT2D eigenvalue weighted by atomic mass is 9.80. The predicted octanol–water partition coefficient (Wildman–Crippen LogP) is 6.33. The van der Waals surface area contributed by atoms with Gasteiger partial charge in [-0.1, -0.05) is 64.7 Å². The zero-order valence-electron chi connectivity index (χ0n) is 17.1. The normalized spacial score (nSPS) is 21.2. The molecule has 1 heterocycles. The molecule has 3 heteroatoms. The molecule has 0 spiro atoms. The van der Waals surface area contributed by atoms with Gasteiger partial charge in [0, 0.05) is 17.7 Å². The van der Waals surface area contributed by atoms with Gasteiger partial charge in [0.15, 0.2) is 0 Å². The molecule has 1 N–H and O–H groups in total. The number of ether oxygens (including phenoxy) is 1. The van der Waals surface area contributed by atoms with Crippen molar-refractivity contribution < 1.29 is 9.94 Å². The topological polar surface area (TPSA) is 32.7 Å². The van der Waals surface area contributed by atoms with E-state index in [2.05, 4.69) is 34.6 Å². The second-order valence-electron chi connectivity index (χ2n) is 9.02. The molecule has 0 aromatic carbocycles. The fourth-order valence-corrected chi connectivity index (χ4v) is 4.14. The van der Waals surface area contributed by atoms with Crippen LogP contribution in [0.25, 0.3) is 0 Å². The van der Waals surface area contributed by atoms with Crippen LogP contribution in [-0.2, 0) is 4.74 Å². The molecular formula is C21H43NO2. The molecule has 1 fully saturated rings. The molecule has 0 unspecified atom stereocenters. The third-order valence-electron chi connectivity index (χ3n) is 5.45. The number of hydrogen-bond acceptors (Lipinski definition) is 3. The number of unbranched alkanes of at least 4 members (excludes halogenated alkanes) is 9. The van der Waals surface area contributed by atoms with Crippen molar-refractivity contribution in [1.29, 1.82) is 0 Å². The molecule has 24 heavy (non-hydrogen) atoms. The first-order valence-electron chi connectivity index (χ1n) is 10.4. The summed E-state index contributed by atoms with van der Waals surface area (Å²) in [7, 11) is 0. The lowest BCUT2D eigenvalue weighted by Crippen LogP contribution is -2.60. The van der Waals surface area contributed by atoms with E-state index < -0.39 is 0 Å². The lowest BCUT2D eigenvalue weighted by molar-refractivity contribution is -0.261. The summed E-state index contributed by atoms with van der Waals surface area (Å²) in [6.07, 6.45) is 15.7. The van der Waals surface area contributed by atoms with E-state index in [4.69, 9.17) is 4.74 Å². The zero-order chi connectivity index (χ0) is 18.1. The van der Waals surface area contributed by atoms with Crippen molar-refractivity contribution in [2.45, 2.75) is 129 Å². The smallest absolute Gasteiger partial charge is 0.0611 e. The minimum Gasteiger partial charge on any atom is -0.378 e. The molecule has 0 aliphatic carbocycles. The van der Waals surface area contributed by atoms with E-state index >= 15 is 0 Å². The fraction of sp³-hybridized carbons (Fsp3) is 1.00. The van der Waals surface area contributed by atoms with Crippen molar-refractivity contribution in [2.75, 3.05) is 6.61 Å². The van der Waals surface area contributed by atoms with Crippen molar-refractivity contribution >= 4 is 0 Å². The highest BCUT2D eigenvalue weighted by atomic mass is 16.5. The van der Waals surface area contributed by atoms with Crippen molar-refractivity contribution in [1.82, 2.24) is 5.06 Å². The van der Waals surface area contributed by atoms with Gasteiger partial charge in [-0.2, -0.15) is 5.06 Å². The molecule has 3 nitrogen and oxygen atoms in total. The standard InChI is InChI=1S/C21H43NO2/c1-6-7-8-9-10-11-12-13-14-15-16-24-19-17-20(2,3)22(23)21(4,5)18-19/h19,23H,6-18H2,1-5H3. The molecular weight excluding hydrogens is 298 g/mol. The van der Waals surface area contributed by atoms with Crippen molar-refractivity contribution in [3.05, 3.63) is 0 Å². The van der Waals surface area contributed by atoms with Gasteiger partial charge in [-0.15, -0.1) is 0 Å². The number of rotatable bonds is 12. The van der Waals surface area contributed by atoms with Gasteiger partial charge in [0.05, 0.1) is 6.10 Å². The summed E-state index contributed by atoms with van der Waals surface area (Å²) < 4.78 is 6.14. The molecule has 0 radical (unpaired) electrons. The Morgan fingerprint density at radius 3 is 1.67 bits per heavy atom. The SMILES string of the molecule is CCCCCCCCCCCCOC1CC(C)(C)N(O)C(C)(C)C1. The van der Waals surface area contributed by atoms with Crippen LogP contribution in [-0.4, -0.2) is 34.1 Å². The molecule has 0 bridgehead atoms. The van der Waals surface area contributed by atoms with Crippen molar-refractivity contribution in [2.24, 2.45) is 0 Å². The summed E-state index contributed by atoms with van der Waals surface area (Å²) >= 11 is 0. The fourth-order valence-electron chi connectivity index (χ4n) is 4.14. The van der Waals surface area contributed by atoms with Crippen LogP contribution in [0.4, 0.5) is 0 Å². The van der Waals surface area contributed by atoms with E-state index in [0.29, 0.717) is 0 Å². The average molecular weight is 342 g/mol. The second-order valence-corrected chi connectivity index (χ2v) is 9.02. The van der Waals surface area contributed by atoms with E-state index in [1.165, 1.54) is 69.3 Å². The van der Waals surface area contributed by atoms with Crippen LogP contribution in [0.1, 0.15) is 112 Å². The molecule has 144 valence electrons. The predicted molar refractivity (Wildman–Crippen MR) is 103 cm³/mol. The highest BCUT2D eigenvalue weighted by molar-refractivity contribution is 4.96. The van der Waals surface area contributed by atoms with Gasteiger partial charge in [-0.3, -0.25) is 0 Å². The minimum absolute atomic E-state index is 0.204. The van der Waals surface area contributed by atoms with Crippen LogP contribution in [0.3, 0.4) is 0 Å². The number of hydroxylamine groups is 2. The Bertz CT molecular complexity index is 310. The average Bonchev–Trinajstić information content (AvgIpc) is 2.50. The largest absolute Gasteiger partial charge is 0.378 e. The maximum absolute atomic E-state index is 10.3. The quantitative estimate of drug-likeness (QED) is 0.421. The monoisotopic (exact) mass is 341 g/mol. The van der Waals surface area contributed by atoms with E-state index in [0.717, 1.165) is 19.4 Å². The third kappa shape index (κ3) is 7.84. The summed E-state index contributed by atoms with van der Waals surface area (Å²) in [5.74, 6) is 0. The summed E-state index contributed by atoms with van der Waals surface area (Å²) in [4.78, 5) is 0. The first-order valence-corrected chi connectivity index (χ1v) is 10.4. The van der Waals surface area contributed by atoms with Crippen LogP contribution in [0.5, 0.6) is 0 Å². The van der Waals surface area contributed by atoms with Gasteiger partial charge >= 0.3 is 0 Å². The first-order chi connectivity index (χ1) is 11.3. The lowest BCUT2D eigenvalue weighted by Gasteiger charge is -2.51. The van der Waals surface area contributed by atoms with Crippen LogP contribution in [0.15, 0.2) is 0 Å². The van der Waals surface area contributed by atoms with E-state index in [1.807, 2.05) is 0 Å². The molecule has 0 atom stereocenters. The number of hydrogen-bond donors (Lipinski definition) is 1. The zero-order valence-corrected chi connectivity index (χ0v) is 17.1. The second kappa shape index (κ2) is 10.8. The van der Waals surface area contributed by atoms with Gasteiger partial charge in [0.1, 0.15) is 0 Å². The van der Waals surface area contributed by atoms with E-state index in [-0.39, 0.29) is 17.2 Å². The van der Waals surface area contributed by atoms with Crippen LogP contribution >= 0.6 is 0 Å². The highest BCUT2D eigenvalue weighted by Crippen LogP contribution is 2.37. The maximum atomic E-state index is 10.3. The Balaban J connectivity index is 2.03. The van der Waals surface area contributed by atoms with Crippen molar-refractivity contribution in [3.63, 3.8) is 0 Å². The van der Waals surface area contributed by atoms with Crippen LogP contribution in [0, 0.1) is 0 Å². The Hall–Kier alpha value is -0.120. The Morgan fingerprint density at radius 1 is 0.792 bits per heavy atom. The molecule has 0 amide bonds. The summed E-state index contributed by atoms with van der Waals surface area (Å²) in [6.45, 7) is 11.6. The van der Waals surface area contributed by atoms with E-state index in [1.54, 1.807) is 0 Å². The molecule has 0 aromatic rings. The summed E-state index contributed by atoms with van der Waals surface area (Å²) in [5.41, 5.74) is -0.408. The van der Waals surface area contributed by atoms with Gasteiger partial charge in [-0.25, -0.2) is 0 Å². The number of nitrogens with zero attached hydrogens (tertiary/aromatic N) is 1. The Labute approximate surface area is 151 Å². The van der Waals surface area contributed by atoms with Gasteiger partial charge in [0.2, 0.25) is 0 Å². The summed E-state index contributed by atoms with van der Waals surface area (Å²) in [5, 5.41) is 11.8. The van der Waals surface area contributed by atoms with Gasteiger partial charge in [-0.05, 0) is 47.0 Å². The van der Waals surface area contributed by atoms with Gasteiger partial charge < -0.3 is 9.94 Å². The molecule has 1 aliphatic heterocycles. The minimum atomic E-state index is -0.204. The molecule has 1 rings (SSSR count). The molecule has 1 aliphatic rings.